The fourth-order valence-electron chi connectivity index (χ4n) is 3.95. The number of nitrogens with zero attached hydrogens (tertiary/aromatic N) is 2. The lowest BCUT2D eigenvalue weighted by molar-refractivity contribution is 0.0753. The lowest BCUT2D eigenvalue weighted by Crippen LogP contribution is -2.34. The first kappa shape index (κ1) is 20.0. The van der Waals surface area contributed by atoms with Crippen molar-refractivity contribution in [1.29, 1.82) is 0 Å². The van der Waals surface area contributed by atoms with Crippen molar-refractivity contribution in [2.24, 2.45) is 0 Å². The topological polar surface area (TPSA) is 46.3 Å². The molecular weight excluding hydrogens is 407 g/mol. The molecule has 4 rings (SSSR count). The van der Waals surface area contributed by atoms with Crippen molar-refractivity contribution >= 4 is 29.1 Å². The van der Waals surface area contributed by atoms with Crippen LogP contribution < -0.4 is 0 Å². The van der Waals surface area contributed by atoms with Crippen molar-refractivity contribution in [3.05, 3.63) is 75.5 Å². The maximum atomic E-state index is 13.5. The van der Waals surface area contributed by atoms with Gasteiger partial charge in [-0.2, -0.15) is 0 Å². The third-order valence-corrected chi connectivity index (χ3v) is 6.09. The van der Waals surface area contributed by atoms with Gasteiger partial charge in [-0.15, -0.1) is 0 Å². The Bertz CT molecular complexity index is 1010. The van der Waals surface area contributed by atoms with Gasteiger partial charge in [-0.3, -0.25) is 4.79 Å². The summed E-state index contributed by atoms with van der Waals surface area (Å²) in [5.41, 5.74) is 2.92. The molecule has 29 heavy (non-hydrogen) atoms. The normalized spacial score (nSPS) is 17.2. The van der Waals surface area contributed by atoms with Crippen LogP contribution in [0.1, 0.15) is 46.9 Å². The van der Waals surface area contributed by atoms with E-state index in [2.05, 4.69) is 17.3 Å². The lowest BCUT2D eigenvalue weighted by Gasteiger charge is -2.25. The fraction of sp³-hybridized carbons (Fsp3) is 0.304. The first-order chi connectivity index (χ1) is 14.0. The summed E-state index contributed by atoms with van der Waals surface area (Å²) in [6.45, 7) is 3.15. The summed E-state index contributed by atoms with van der Waals surface area (Å²) in [4.78, 5) is 15.5. The molecule has 1 unspecified atom stereocenters. The van der Waals surface area contributed by atoms with Crippen LogP contribution in [0, 0.1) is 6.92 Å². The van der Waals surface area contributed by atoms with Gasteiger partial charge in [0.25, 0.3) is 5.91 Å². The highest BCUT2D eigenvalue weighted by atomic mass is 35.5. The molecule has 2 aromatic carbocycles. The Kier molecular flexibility index (Phi) is 5.93. The standard InChI is InChI=1S/C23H22Cl2N2O2/c1-15-21(22(26-29-15)19-7-2-3-8-20(19)25)23(28)27-13-5-4-6-17(14-27)16-9-11-18(24)12-10-16/h2-3,7-12,17H,4-6,13-14H2,1H3. The Morgan fingerprint density at radius 3 is 2.62 bits per heavy atom. The van der Waals surface area contributed by atoms with E-state index < -0.39 is 0 Å². The van der Waals surface area contributed by atoms with Crippen molar-refractivity contribution in [2.75, 3.05) is 13.1 Å². The molecule has 1 aliphatic rings. The zero-order valence-corrected chi connectivity index (χ0v) is 17.7. The number of carbonyl (C=O) groups excluding carboxylic acids is 1. The smallest absolute Gasteiger partial charge is 0.259 e. The number of halogens is 2. The molecule has 0 bridgehead atoms. The molecular formula is C23H22Cl2N2O2. The zero-order chi connectivity index (χ0) is 20.4. The Morgan fingerprint density at radius 2 is 1.86 bits per heavy atom. The molecule has 4 nitrogen and oxygen atoms in total. The average Bonchev–Trinajstić information content (AvgIpc) is 2.94. The zero-order valence-electron chi connectivity index (χ0n) is 16.2. The van der Waals surface area contributed by atoms with Gasteiger partial charge in [0.05, 0.1) is 5.02 Å². The third kappa shape index (κ3) is 4.19. The van der Waals surface area contributed by atoms with Crippen molar-refractivity contribution in [1.82, 2.24) is 10.1 Å². The largest absolute Gasteiger partial charge is 0.360 e. The van der Waals surface area contributed by atoms with E-state index in [0.29, 0.717) is 34.1 Å². The van der Waals surface area contributed by atoms with Crippen molar-refractivity contribution in [3.63, 3.8) is 0 Å². The van der Waals surface area contributed by atoms with Crippen molar-refractivity contribution in [3.8, 4) is 11.3 Å². The van der Waals surface area contributed by atoms with E-state index in [0.717, 1.165) is 30.8 Å². The second-order valence-corrected chi connectivity index (χ2v) is 8.28. The molecule has 0 spiro atoms. The molecule has 1 aliphatic heterocycles. The van der Waals surface area contributed by atoms with Crippen molar-refractivity contribution < 1.29 is 9.32 Å². The van der Waals surface area contributed by atoms with Gasteiger partial charge in [-0.1, -0.05) is 65.1 Å². The van der Waals surface area contributed by atoms with E-state index in [9.17, 15) is 4.79 Å². The fourth-order valence-corrected chi connectivity index (χ4v) is 4.30. The molecule has 0 aliphatic carbocycles. The van der Waals surface area contributed by atoms with Gasteiger partial charge < -0.3 is 9.42 Å². The van der Waals surface area contributed by atoms with Gasteiger partial charge in [0.1, 0.15) is 17.0 Å². The molecule has 150 valence electrons. The number of hydrogen-bond acceptors (Lipinski definition) is 3. The highest BCUT2D eigenvalue weighted by Crippen LogP contribution is 2.33. The Labute approximate surface area is 180 Å². The second-order valence-electron chi connectivity index (χ2n) is 7.44. The van der Waals surface area contributed by atoms with Gasteiger partial charge >= 0.3 is 0 Å². The summed E-state index contributed by atoms with van der Waals surface area (Å²) in [6, 6.07) is 15.3. The predicted octanol–water partition coefficient (Wildman–Crippen LogP) is 6.37. The van der Waals surface area contributed by atoms with Gasteiger partial charge in [0.15, 0.2) is 0 Å². The van der Waals surface area contributed by atoms with Crippen molar-refractivity contribution in [2.45, 2.75) is 32.1 Å². The summed E-state index contributed by atoms with van der Waals surface area (Å²) in [7, 11) is 0. The minimum absolute atomic E-state index is 0.0560. The van der Waals surface area contributed by atoms with Gasteiger partial charge in [0, 0.05) is 29.6 Å². The summed E-state index contributed by atoms with van der Waals surface area (Å²) < 4.78 is 5.40. The maximum Gasteiger partial charge on any atom is 0.259 e. The van der Waals surface area contributed by atoms with E-state index in [1.54, 1.807) is 13.0 Å². The number of rotatable bonds is 3. The number of likely N-dealkylation sites (tertiary alicyclic amines) is 1. The quantitative estimate of drug-likeness (QED) is 0.486. The summed E-state index contributed by atoms with van der Waals surface area (Å²) >= 11 is 12.4. The molecule has 1 amide bonds. The first-order valence-corrected chi connectivity index (χ1v) is 10.6. The predicted molar refractivity (Wildman–Crippen MR) is 116 cm³/mol. The number of carbonyl (C=O) groups is 1. The Morgan fingerprint density at radius 1 is 1.10 bits per heavy atom. The Hall–Kier alpha value is -2.30. The average molecular weight is 429 g/mol. The van der Waals surface area contributed by atoms with Gasteiger partial charge in [0.2, 0.25) is 0 Å². The number of aromatic nitrogens is 1. The molecule has 0 N–H and O–H groups in total. The monoisotopic (exact) mass is 428 g/mol. The summed E-state index contributed by atoms with van der Waals surface area (Å²) in [5.74, 6) is 0.736. The highest BCUT2D eigenvalue weighted by Gasteiger charge is 2.30. The Balaban J connectivity index is 1.65. The molecule has 2 heterocycles. The highest BCUT2D eigenvalue weighted by molar-refractivity contribution is 6.33. The summed E-state index contributed by atoms with van der Waals surface area (Å²) in [5, 5.41) is 5.42. The molecule has 1 atom stereocenters. The van der Waals surface area contributed by atoms with E-state index >= 15 is 0 Å². The molecule has 3 aromatic rings. The molecule has 0 radical (unpaired) electrons. The SMILES string of the molecule is Cc1onc(-c2ccccc2Cl)c1C(=O)N1CCCCC(c2ccc(Cl)cc2)C1. The van der Waals surface area contributed by atoms with Gasteiger partial charge in [-0.25, -0.2) is 0 Å². The van der Waals surface area contributed by atoms with Crippen LogP contribution in [0.2, 0.25) is 10.0 Å². The van der Waals surface area contributed by atoms with E-state index in [-0.39, 0.29) is 11.8 Å². The number of amides is 1. The number of benzene rings is 2. The molecule has 1 aromatic heterocycles. The van der Waals surface area contributed by atoms with Gasteiger partial charge in [-0.05, 0) is 43.5 Å². The van der Waals surface area contributed by atoms with Crippen LogP contribution in [0.15, 0.2) is 53.1 Å². The number of hydrogen-bond donors (Lipinski definition) is 0. The van der Waals surface area contributed by atoms with Crippen LogP contribution >= 0.6 is 23.2 Å². The van der Waals surface area contributed by atoms with E-state index in [1.165, 1.54) is 5.56 Å². The van der Waals surface area contributed by atoms with Crippen LogP contribution in [-0.2, 0) is 0 Å². The third-order valence-electron chi connectivity index (χ3n) is 5.51. The molecule has 6 heteroatoms. The molecule has 1 fully saturated rings. The van der Waals surface area contributed by atoms with Crippen LogP contribution in [0.25, 0.3) is 11.3 Å². The maximum absolute atomic E-state index is 13.5. The lowest BCUT2D eigenvalue weighted by atomic mass is 9.94. The second kappa shape index (κ2) is 8.60. The molecule has 0 saturated carbocycles. The van der Waals surface area contributed by atoms with Crippen LogP contribution in [0.4, 0.5) is 0 Å². The minimum atomic E-state index is -0.0560. The summed E-state index contributed by atoms with van der Waals surface area (Å²) in [6.07, 6.45) is 3.10. The van der Waals surface area contributed by atoms with Crippen LogP contribution in [0.5, 0.6) is 0 Å². The number of aryl methyl sites for hydroxylation is 1. The van der Waals surface area contributed by atoms with E-state index in [4.69, 9.17) is 27.7 Å². The van der Waals surface area contributed by atoms with Crippen LogP contribution in [0.3, 0.4) is 0 Å². The first-order valence-electron chi connectivity index (χ1n) is 9.80. The molecule has 1 saturated heterocycles. The van der Waals surface area contributed by atoms with Crippen LogP contribution in [-0.4, -0.2) is 29.1 Å². The minimum Gasteiger partial charge on any atom is -0.360 e. The van der Waals surface area contributed by atoms with E-state index in [1.807, 2.05) is 35.2 Å².